The van der Waals surface area contributed by atoms with E-state index >= 15 is 0 Å². The highest BCUT2D eigenvalue weighted by Crippen LogP contribution is 2.15. The zero-order valence-corrected chi connectivity index (χ0v) is 11.2. The standard InChI is InChI=1S/C15H20FNO2/c1-11-10-12(5-6-14(11)16)15(18)17-8-7-13-4-2-3-9-19-13/h5-6,10,13H,2-4,7-9H2,1H3,(H,17,18). The van der Waals surface area contributed by atoms with E-state index in [0.29, 0.717) is 17.7 Å². The van der Waals surface area contributed by atoms with Gasteiger partial charge in [0.05, 0.1) is 6.10 Å². The van der Waals surface area contributed by atoms with Crippen molar-refractivity contribution in [1.82, 2.24) is 5.32 Å². The Labute approximate surface area is 113 Å². The molecule has 1 aromatic carbocycles. The molecule has 19 heavy (non-hydrogen) atoms. The average Bonchev–Trinajstić information content (AvgIpc) is 2.43. The van der Waals surface area contributed by atoms with Crippen molar-refractivity contribution in [1.29, 1.82) is 0 Å². The van der Waals surface area contributed by atoms with E-state index in [1.807, 2.05) is 0 Å². The first kappa shape index (κ1) is 14.0. The van der Waals surface area contributed by atoms with Crippen molar-refractivity contribution in [3.05, 3.63) is 35.1 Å². The topological polar surface area (TPSA) is 38.3 Å². The van der Waals surface area contributed by atoms with Crippen LogP contribution in [0.3, 0.4) is 0 Å². The molecule has 2 rings (SSSR count). The van der Waals surface area contributed by atoms with Crippen LogP contribution in [0.25, 0.3) is 0 Å². The smallest absolute Gasteiger partial charge is 0.251 e. The van der Waals surface area contributed by atoms with Crippen molar-refractivity contribution in [2.24, 2.45) is 0 Å². The fourth-order valence-corrected chi connectivity index (χ4v) is 2.27. The van der Waals surface area contributed by atoms with Crippen LogP contribution < -0.4 is 5.32 Å². The molecule has 1 saturated heterocycles. The number of nitrogens with one attached hydrogen (secondary N) is 1. The molecule has 0 spiro atoms. The summed E-state index contributed by atoms with van der Waals surface area (Å²) in [6.07, 6.45) is 4.52. The van der Waals surface area contributed by atoms with Crippen molar-refractivity contribution < 1.29 is 13.9 Å². The molecule has 1 unspecified atom stereocenters. The Morgan fingerprint density at radius 1 is 1.47 bits per heavy atom. The quantitative estimate of drug-likeness (QED) is 0.909. The number of hydrogen-bond acceptors (Lipinski definition) is 2. The maximum Gasteiger partial charge on any atom is 0.251 e. The van der Waals surface area contributed by atoms with Gasteiger partial charge in [-0.25, -0.2) is 4.39 Å². The van der Waals surface area contributed by atoms with Crippen molar-refractivity contribution >= 4 is 5.91 Å². The van der Waals surface area contributed by atoms with Crippen LogP contribution in [-0.4, -0.2) is 25.2 Å². The highest BCUT2D eigenvalue weighted by atomic mass is 19.1. The molecule has 4 heteroatoms. The van der Waals surface area contributed by atoms with E-state index in [0.717, 1.165) is 25.9 Å². The maximum atomic E-state index is 13.1. The lowest BCUT2D eigenvalue weighted by molar-refractivity contribution is 0.0117. The van der Waals surface area contributed by atoms with E-state index in [9.17, 15) is 9.18 Å². The SMILES string of the molecule is Cc1cc(C(=O)NCCC2CCCCO2)ccc1F. The molecule has 1 aliphatic heterocycles. The summed E-state index contributed by atoms with van der Waals surface area (Å²) in [5, 5.41) is 2.85. The van der Waals surface area contributed by atoms with E-state index < -0.39 is 0 Å². The summed E-state index contributed by atoms with van der Waals surface area (Å²) in [4.78, 5) is 11.9. The number of hydrogen-bond donors (Lipinski definition) is 1. The predicted octanol–water partition coefficient (Wildman–Crippen LogP) is 2.82. The Balaban J connectivity index is 1.78. The summed E-state index contributed by atoms with van der Waals surface area (Å²) in [7, 11) is 0. The zero-order chi connectivity index (χ0) is 13.7. The normalized spacial score (nSPS) is 19.2. The number of aryl methyl sites for hydroxylation is 1. The minimum Gasteiger partial charge on any atom is -0.378 e. The summed E-state index contributed by atoms with van der Waals surface area (Å²) in [6.45, 7) is 3.08. The molecule has 0 aliphatic carbocycles. The molecule has 1 heterocycles. The fraction of sp³-hybridized carbons (Fsp3) is 0.533. The molecule has 1 atom stereocenters. The molecule has 0 aromatic heterocycles. The third-order valence-electron chi connectivity index (χ3n) is 3.45. The molecule has 1 fully saturated rings. The van der Waals surface area contributed by atoms with Gasteiger partial charge in [-0.2, -0.15) is 0 Å². The molecule has 3 nitrogen and oxygen atoms in total. The lowest BCUT2D eigenvalue weighted by Gasteiger charge is -2.22. The van der Waals surface area contributed by atoms with E-state index in [-0.39, 0.29) is 17.8 Å². The number of ether oxygens (including phenoxy) is 1. The van der Waals surface area contributed by atoms with Crippen LogP contribution in [-0.2, 0) is 4.74 Å². The van der Waals surface area contributed by atoms with Crippen LogP contribution in [0.5, 0.6) is 0 Å². The number of benzene rings is 1. The predicted molar refractivity (Wildman–Crippen MR) is 71.7 cm³/mol. The molecular formula is C15H20FNO2. The number of halogens is 1. The molecule has 0 bridgehead atoms. The summed E-state index contributed by atoms with van der Waals surface area (Å²) >= 11 is 0. The van der Waals surface area contributed by atoms with Gasteiger partial charge in [-0.05, 0) is 56.4 Å². The third kappa shape index (κ3) is 4.03. The maximum absolute atomic E-state index is 13.1. The van der Waals surface area contributed by atoms with Gasteiger partial charge in [0.15, 0.2) is 0 Å². The van der Waals surface area contributed by atoms with Gasteiger partial charge in [0.2, 0.25) is 0 Å². The Morgan fingerprint density at radius 2 is 2.32 bits per heavy atom. The van der Waals surface area contributed by atoms with Gasteiger partial charge in [-0.15, -0.1) is 0 Å². The summed E-state index contributed by atoms with van der Waals surface area (Å²) in [5.41, 5.74) is 0.992. The molecule has 0 saturated carbocycles. The third-order valence-corrected chi connectivity index (χ3v) is 3.45. The molecular weight excluding hydrogens is 245 g/mol. The van der Waals surface area contributed by atoms with Gasteiger partial charge in [-0.1, -0.05) is 0 Å². The van der Waals surface area contributed by atoms with Crippen molar-refractivity contribution in [3.8, 4) is 0 Å². The summed E-state index contributed by atoms with van der Waals surface area (Å²) in [5.74, 6) is -0.439. The second kappa shape index (κ2) is 6.66. The van der Waals surface area contributed by atoms with Crippen LogP contribution in [0.15, 0.2) is 18.2 Å². The van der Waals surface area contributed by atoms with E-state index in [1.54, 1.807) is 13.0 Å². The highest BCUT2D eigenvalue weighted by Gasteiger charge is 2.14. The van der Waals surface area contributed by atoms with Gasteiger partial charge in [0, 0.05) is 18.7 Å². The average molecular weight is 265 g/mol. The largest absolute Gasteiger partial charge is 0.378 e. The molecule has 1 amide bonds. The Kier molecular flexibility index (Phi) is 4.91. The van der Waals surface area contributed by atoms with Gasteiger partial charge in [0.1, 0.15) is 5.82 Å². The number of carbonyl (C=O) groups is 1. The van der Waals surface area contributed by atoms with Crippen molar-refractivity contribution in [2.45, 2.75) is 38.7 Å². The Bertz CT molecular complexity index is 442. The molecule has 104 valence electrons. The van der Waals surface area contributed by atoms with Gasteiger partial charge >= 0.3 is 0 Å². The van der Waals surface area contributed by atoms with Gasteiger partial charge < -0.3 is 10.1 Å². The second-order valence-electron chi connectivity index (χ2n) is 5.00. The van der Waals surface area contributed by atoms with E-state index in [1.165, 1.54) is 18.6 Å². The summed E-state index contributed by atoms with van der Waals surface area (Å²) < 4.78 is 18.7. The minimum atomic E-state index is -0.285. The first-order valence-electron chi connectivity index (χ1n) is 6.83. The first-order valence-corrected chi connectivity index (χ1v) is 6.83. The fourth-order valence-electron chi connectivity index (χ4n) is 2.27. The van der Waals surface area contributed by atoms with Crippen LogP contribution in [0.1, 0.15) is 41.6 Å². The molecule has 1 aromatic rings. The minimum absolute atomic E-state index is 0.154. The Morgan fingerprint density at radius 3 is 3.00 bits per heavy atom. The second-order valence-corrected chi connectivity index (χ2v) is 5.00. The monoisotopic (exact) mass is 265 g/mol. The van der Waals surface area contributed by atoms with Crippen LogP contribution in [0.2, 0.25) is 0 Å². The van der Waals surface area contributed by atoms with Crippen LogP contribution in [0, 0.1) is 12.7 Å². The first-order chi connectivity index (χ1) is 9.16. The molecule has 1 N–H and O–H groups in total. The van der Waals surface area contributed by atoms with Crippen LogP contribution in [0.4, 0.5) is 4.39 Å². The summed E-state index contributed by atoms with van der Waals surface area (Å²) in [6, 6.07) is 4.41. The van der Waals surface area contributed by atoms with Crippen LogP contribution >= 0.6 is 0 Å². The number of rotatable bonds is 4. The lowest BCUT2D eigenvalue weighted by Crippen LogP contribution is -2.29. The van der Waals surface area contributed by atoms with E-state index in [4.69, 9.17) is 4.74 Å². The van der Waals surface area contributed by atoms with Gasteiger partial charge in [0.25, 0.3) is 5.91 Å². The van der Waals surface area contributed by atoms with Crippen molar-refractivity contribution in [3.63, 3.8) is 0 Å². The van der Waals surface area contributed by atoms with E-state index in [2.05, 4.69) is 5.32 Å². The van der Waals surface area contributed by atoms with Gasteiger partial charge in [-0.3, -0.25) is 4.79 Å². The highest BCUT2D eigenvalue weighted by molar-refractivity contribution is 5.94. The zero-order valence-electron chi connectivity index (χ0n) is 11.2. The number of carbonyl (C=O) groups excluding carboxylic acids is 1. The molecule has 1 aliphatic rings. The van der Waals surface area contributed by atoms with Crippen molar-refractivity contribution in [2.75, 3.05) is 13.2 Å². The Hall–Kier alpha value is -1.42. The molecule has 0 radical (unpaired) electrons. The lowest BCUT2D eigenvalue weighted by atomic mass is 10.1. The number of amides is 1.